The molecule has 0 atom stereocenters. The van der Waals surface area contributed by atoms with Gasteiger partial charge in [0.05, 0.1) is 0 Å². The zero-order valence-electron chi connectivity index (χ0n) is 7.35. The lowest BCUT2D eigenvalue weighted by molar-refractivity contribution is 0.0850. The Kier molecular flexibility index (Phi) is 2.75. The number of benzene rings is 1. The predicted molar refractivity (Wildman–Crippen MR) is 49.9 cm³/mol. The van der Waals surface area contributed by atoms with E-state index in [4.69, 9.17) is 0 Å². The van der Waals surface area contributed by atoms with Crippen LogP contribution in [-0.4, -0.2) is 6.29 Å². The lowest BCUT2D eigenvalue weighted by atomic mass is 10.1. The highest BCUT2D eigenvalue weighted by Gasteiger charge is 2.20. The maximum absolute atomic E-state index is 4.57. The number of hydrogen-bond acceptors (Lipinski definition) is 2. The van der Waals surface area contributed by atoms with Gasteiger partial charge in [-0.05, 0) is 24.5 Å². The summed E-state index contributed by atoms with van der Waals surface area (Å²) in [7, 11) is 0. The molecule has 0 bridgehead atoms. The van der Waals surface area contributed by atoms with Crippen molar-refractivity contribution < 1.29 is 9.78 Å². The fourth-order valence-electron chi connectivity index (χ4n) is 1.20. The van der Waals surface area contributed by atoms with Crippen LogP contribution in [-0.2, 0) is 16.2 Å². The molecule has 0 amide bonds. The number of allylic oxidation sites excluding steroid dienone is 1. The summed E-state index contributed by atoms with van der Waals surface area (Å²) in [6.07, 6.45) is 6.06. The fraction of sp³-hybridized carbons (Fsp3) is 0.273. The van der Waals surface area contributed by atoms with E-state index in [0.717, 1.165) is 12.8 Å². The van der Waals surface area contributed by atoms with Crippen LogP contribution >= 0.6 is 0 Å². The van der Waals surface area contributed by atoms with Gasteiger partial charge in [0.15, 0.2) is 0 Å². The molecule has 1 aliphatic rings. The van der Waals surface area contributed by atoms with Crippen molar-refractivity contribution in [1.29, 1.82) is 0 Å². The molecule has 0 aromatic heterocycles. The summed E-state index contributed by atoms with van der Waals surface area (Å²) in [6, 6.07) is 10.4. The van der Waals surface area contributed by atoms with Crippen molar-refractivity contribution in [3.63, 3.8) is 0 Å². The Morgan fingerprint density at radius 2 is 1.92 bits per heavy atom. The molecule has 68 valence electrons. The van der Waals surface area contributed by atoms with Crippen molar-refractivity contribution in [3.8, 4) is 0 Å². The molecule has 1 aliphatic heterocycles. The van der Waals surface area contributed by atoms with E-state index >= 15 is 0 Å². The lowest BCUT2D eigenvalue weighted by Crippen LogP contribution is -1.82. The van der Waals surface area contributed by atoms with Crippen LogP contribution in [0.15, 0.2) is 42.5 Å². The molecule has 1 aromatic carbocycles. The molecule has 2 heteroatoms. The predicted octanol–water partition coefficient (Wildman–Crippen LogP) is 2.46. The first-order valence-corrected chi connectivity index (χ1v) is 4.48. The van der Waals surface area contributed by atoms with E-state index < -0.39 is 0 Å². The van der Waals surface area contributed by atoms with Gasteiger partial charge in [-0.3, -0.25) is 0 Å². The highest BCUT2D eigenvalue weighted by Crippen LogP contribution is 2.13. The van der Waals surface area contributed by atoms with Crippen LogP contribution in [0.4, 0.5) is 0 Å². The third-order valence-corrected chi connectivity index (χ3v) is 1.94. The Morgan fingerprint density at radius 1 is 1.15 bits per heavy atom. The second-order valence-corrected chi connectivity index (χ2v) is 3.01. The number of rotatable bonds is 4. The normalized spacial score (nSPS) is 16.6. The monoisotopic (exact) mass is 176 g/mol. The van der Waals surface area contributed by atoms with Crippen LogP contribution < -0.4 is 0 Å². The van der Waals surface area contributed by atoms with Gasteiger partial charge in [-0.2, -0.15) is 9.78 Å². The highest BCUT2D eigenvalue weighted by molar-refractivity contribution is 5.15. The SMILES string of the molecule is C(=C\C1OO1)/CCc1ccccc1. The van der Waals surface area contributed by atoms with Crippen LogP contribution in [0.3, 0.4) is 0 Å². The van der Waals surface area contributed by atoms with Crippen molar-refractivity contribution in [2.45, 2.75) is 19.1 Å². The fourth-order valence-corrected chi connectivity index (χ4v) is 1.20. The largest absolute Gasteiger partial charge is 0.242 e. The summed E-state index contributed by atoms with van der Waals surface area (Å²) >= 11 is 0. The van der Waals surface area contributed by atoms with Crippen LogP contribution in [0.1, 0.15) is 12.0 Å². The van der Waals surface area contributed by atoms with E-state index in [-0.39, 0.29) is 6.29 Å². The average molecular weight is 176 g/mol. The first-order valence-electron chi connectivity index (χ1n) is 4.48. The zero-order chi connectivity index (χ0) is 8.93. The first-order chi connectivity index (χ1) is 6.45. The minimum absolute atomic E-state index is 0.0734. The molecule has 0 aliphatic carbocycles. The van der Waals surface area contributed by atoms with Crippen molar-refractivity contribution in [2.75, 3.05) is 0 Å². The van der Waals surface area contributed by atoms with Gasteiger partial charge < -0.3 is 0 Å². The lowest BCUT2D eigenvalue weighted by Gasteiger charge is -1.95. The molecule has 2 rings (SSSR count). The number of hydrogen-bond donors (Lipinski definition) is 0. The molecular weight excluding hydrogens is 164 g/mol. The molecule has 1 aromatic rings. The van der Waals surface area contributed by atoms with Crippen molar-refractivity contribution in [3.05, 3.63) is 48.0 Å². The minimum Gasteiger partial charge on any atom is -0.194 e. The van der Waals surface area contributed by atoms with Crippen molar-refractivity contribution in [2.24, 2.45) is 0 Å². The minimum atomic E-state index is -0.0734. The molecule has 0 unspecified atom stereocenters. The number of aryl methyl sites for hydroxylation is 1. The Labute approximate surface area is 77.7 Å². The summed E-state index contributed by atoms with van der Waals surface area (Å²) in [5.41, 5.74) is 1.37. The third-order valence-electron chi connectivity index (χ3n) is 1.94. The summed E-state index contributed by atoms with van der Waals surface area (Å²) in [6.45, 7) is 0. The van der Waals surface area contributed by atoms with E-state index in [1.54, 1.807) is 0 Å². The molecule has 0 spiro atoms. The van der Waals surface area contributed by atoms with Gasteiger partial charge in [0.1, 0.15) is 0 Å². The Hall–Kier alpha value is -1.12. The van der Waals surface area contributed by atoms with Crippen molar-refractivity contribution >= 4 is 0 Å². The maximum Gasteiger partial charge on any atom is 0.242 e. The smallest absolute Gasteiger partial charge is 0.194 e. The molecule has 1 saturated heterocycles. The van der Waals surface area contributed by atoms with Gasteiger partial charge in [0.2, 0.25) is 6.29 Å². The van der Waals surface area contributed by atoms with E-state index in [1.807, 2.05) is 12.1 Å². The van der Waals surface area contributed by atoms with Gasteiger partial charge in [-0.1, -0.05) is 36.4 Å². The third kappa shape index (κ3) is 3.01. The van der Waals surface area contributed by atoms with E-state index in [1.165, 1.54) is 5.56 Å². The van der Waals surface area contributed by atoms with E-state index in [9.17, 15) is 0 Å². The van der Waals surface area contributed by atoms with Gasteiger partial charge >= 0.3 is 0 Å². The molecule has 1 fully saturated rings. The molecule has 0 saturated carbocycles. The Bertz CT molecular complexity index is 275. The summed E-state index contributed by atoms with van der Waals surface area (Å²) < 4.78 is 0. The first kappa shape index (κ1) is 8.48. The van der Waals surface area contributed by atoms with Gasteiger partial charge in [0, 0.05) is 0 Å². The second-order valence-electron chi connectivity index (χ2n) is 3.01. The zero-order valence-corrected chi connectivity index (χ0v) is 7.35. The maximum atomic E-state index is 4.57. The van der Waals surface area contributed by atoms with Crippen LogP contribution in [0.5, 0.6) is 0 Å². The van der Waals surface area contributed by atoms with Crippen LogP contribution in [0.2, 0.25) is 0 Å². The molecular formula is C11H12O2. The molecule has 0 radical (unpaired) electrons. The Balaban J connectivity index is 1.73. The van der Waals surface area contributed by atoms with E-state index in [2.05, 4.69) is 40.1 Å². The van der Waals surface area contributed by atoms with Crippen molar-refractivity contribution in [1.82, 2.24) is 0 Å². The molecule has 2 nitrogen and oxygen atoms in total. The second kappa shape index (κ2) is 4.21. The van der Waals surface area contributed by atoms with Gasteiger partial charge in [0.25, 0.3) is 0 Å². The molecule has 0 N–H and O–H groups in total. The molecule has 13 heavy (non-hydrogen) atoms. The topological polar surface area (TPSA) is 25.1 Å². The Morgan fingerprint density at radius 3 is 2.62 bits per heavy atom. The standard InChI is InChI=1S/C11H12O2/c1-2-6-10(7-3-1)8-4-5-9-11-12-13-11/h1-3,5-7,9,11H,4,8H2/b9-5+. The quantitative estimate of drug-likeness (QED) is 0.400. The van der Waals surface area contributed by atoms with Crippen LogP contribution in [0, 0.1) is 0 Å². The van der Waals surface area contributed by atoms with Gasteiger partial charge in [-0.25, -0.2) is 0 Å². The summed E-state index contributed by atoms with van der Waals surface area (Å²) in [4.78, 5) is 9.15. The summed E-state index contributed by atoms with van der Waals surface area (Å²) in [5.74, 6) is 0. The van der Waals surface area contributed by atoms with E-state index in [0.29, 0.717) is 0 Å². The average Bonchev–Trinajstić information content (AvgIpc) is 2.98. The summed E-state index contributed by atoms with van der Waals surface area (Å²) in [5, 5.41) is 0. The van der Waals surface area contributed by atoms with Gasteiger partial charge in [-0.15, -0.1) is 0 Å². The van der Waals surface area contributed by atoms with Crippen LogP contribution in [0.25, 0.3) is 0 Å². The molecule has 1 heterocycles. The highest BCUT2D eigenvalue weighted by atomic mass is 17.4.